The molecule has 8 heteroatoms. The van der Waals surface area contributed by atoms with Gasteiger partial charge in [0.05, 0.1) is 23.6 Å². The van der Waals surface area contributed by atoms with Crippen molar-refractivity contribution in [2.45, 2.75) is 6.18 Å². The monoisotopic (exact) mass is 280 g/mol. The van der Waals surface area contributed by atoms with Crippen LogP contribution in [0.5, 0.6) is 11.6 Å². The van der Waals surface area contributed by atoms with Gasteiger partial charge < -0.3 is 10.5 Å². The molecule has 1 aromatic heterocycles. The lowest BCUT2D eigenvalue weighted by Crippen LogP contribution is -2.06. The van der Waals surface area contributed by atoms with Crippen molar-refractivity contribution in [3.05, 3.63) is 41.9 Å². The minimum atomic E-state index is -4.47. The van der Waals surface area contributed by atoms with Crippen LogP contribution in [-0.4, -0.2) is 9.97 Å². The lowest BCUT2D eigenvalue weighted by atomic mass is 10.2. The number of anilines is 1. The maximum atomic E-state index is 12.5. The summed E-state index contributed by atoms with van der Waals surface area (Å²) < 4.78 is 42.6. The standard InChI is InChI=1S/C12H7F3N4O/c13-12(14,15)7-1-2-10(9(17)3-7)20-11-6-18-8(4-16)5-19-11/h1-3,5-6H,17H2. The lowest BCUT2D eigenvalue weighted by molar-refractivity contribution is -0.137. The number of nitrogens with zero attached hydrogens (tertiary/aromatic N) is 3. The molecular formula is C12H7F3N4O. The van der Waals surface area contributed by atoms with Crippen molar-refractivity contribution in [2.75, 3.05) is 5.73 Å². The number of hydrogen-bond donors (Lipinski definition) is 1. The molecule has 2 aromatic rings. The van der Waals surface area contributed by atoms with Gasteiger partial charge in [0.2, 0.25) is 5.88 Å². The van der Waals surface area contributed by atoms with E-state index in [0.29, 0.717) is 0 Å². The van der Waals surface area contributed by atoms with Gasteiger partial charge in [0.1, 0.15) is 6.07 Å². The van der Waals surface area contributed by atoms with Gasteiger partial charge in [-0.2, -0.15) is 18.4 Å². The van der Waals surface area contributed by atoms with Crippen LogP contribution in [0.3, 0.4) is 0 Å². The maximum Gasteiger partial charge on any atom is 0.416 e. The average molecular weight is 280 g/mol. The van der Waals surface area contributed by atoms with E-state index >= 15 is 0 Å². The summed E-state index contributed by atoms with van der Waals surface area (Å²) in [5, 5.41) is 8.55. The Bertz CT molecular complexity index is 662. The Hall–Kier alpha value is -2.82. The molecule has 102 valence electrons. The van der Waals surface area contributed by atoms with Gasteiger partial charge in [-0.15, -0.1) is 0 Å². The van der Waals surface area contributed by atoms with Crippen LogP contribution in [0.15, 0.2) is 30.6 Å². The number of alkyl halides is 3. The molecule has 0 radical (unpaired) electrons. The zero-order valence-corrected chi connectivity index (χ0v) is 9.85. The van der Waals surface area contributed by atoms with E-state index < -0.39 is 11.7 Å². The molecule has 20 heavy (non-hydrogen) atoms. The Labute approximate surface area is 111 Å². The van der Waals surface area contributed by atoms with E-state index in [0.717, 1.165) is 18.2 Å². The number of nitrogens with two attached hydrogens (primary N) is 1. The zero-order chi connectivity index (χ0) is 14.8. The number of aromatic nitrogens is 2. The summed E-state index contributed by atoms with van der Waals surface area (Å²) in [5.41, 5.74) is 4.55. The molecule has 0 aliphatic rings. The van der Waals surface area contributed by atoms with Gasteiger partial charge in [0, 0.05) is 0 Å². The first kappa shape index (κ1) is 13.6. The van der Waals surface area contributed by atoms with Crippen LogP contribution in [0.1, 0.15) is 11.3 Å². The molecule has 0 bridgehead atoms. The van der Waals surface area contributed by atoms with Crippen LogP contribution in [0, 0.1) is 11.3 Å². The third-order valence-electron chi connectivity index (χ3n) is 2.29. The van der Waals surface area contributed by atoms with Crippen LogP contribution in [0.2, 0.25) is 0 Å². The molecule has 0 amide bonds. The van der Waals surface area contributed by atoms with E-state index in [-0.39, 0.29) is 23.0 Å². The second-order valence-electron chi connectivity index (χ2n) is 3.70. The predicted octanol–water partition coefficient (Wildman–Crippen LogP) is 2.74. The highest BCUT2D eigenvalue weighted by Gasteiger charge is 2.31. The number of rotatable bonds is 2. The van der Waals surface area contributed by atoms with Gasteiger partial charge in [-0.3, -0.25) is 0 Å². The van der Waals surface area contributed by atoms with E-state index in [1.54, 1.807) is 6.07 Å². The fourth-order valence-corrected chi connectivity index (χ4v) is 1.36. The summed E-state index contributed by atoms with van der Waals surface area (Å²) in [6.45, 7) is 0. The molecule has 0 aliphatic heterocycles. The van der Waals surface area contributed by atoms with E-state index in [9.17, 15) is 13.2 Å². The van der Waals surface area contributed by atoms with Gasteiger partial charge in [0.15, 0.2) is 11.4 Å². The van der Waals surface area contributed by atoms with Gasteiger partial charge in [0.25, 0.3) is 0 Å². The second kappa shape index (κ2) is 5.05. The summed E-state index contributed by atoms with van der Waals surface area (Å²) in [7, 11) is 0. The van der Waals surface area contributed by atoms with Crippen molar-refractivity contribution < 1.29 is 17.9 Å². The highest BCUT2D eigenvalue weighted by atomic mass is 19.4. The summed E-state index contributed by atoms with van der Waals surface area (Å²) in [4.78, 5) is 7.48. The topological polar surface area (TPSA) is 84.8 Å². The number of nitrogen functional groups attached to an aromatic ring is 1. The van der Waals surface area contributed by atoms with E-state index in [1.807, 2.05) is 0 Å². The molecule has 1 aromatic carbocycles. The van der Waals surface area contributed by atoms with E-state index in [1.165, 1.54) is 12.4 Å². The first-order chi connectivity index (χ1) is 9.40. The van der Waals surface area contributed by atoms with Crippen molar-refractivity contribution in [3.63, 3.8) is 0 Å². The van der Waals surface area contributed by atoms with Crippen LogP contribution in [-0.2, 0) is 6.18 Å². The van der Waals surface area contributed by atoms with E-state index in [4.69, 9.17) is 15.7 Å². The molecule has 0 fully saturated rings. The van der Waals surface area contributed by atoms with Crippen molar-refractivity contribution >= 4 is 5.69 Å². The molecular weight excluding hydrogens is 273 g/mol. The maximum absolute atomic E-state index is 12.5. The highest BCUT2D eigenvalue weighted by Crippen LogP contribution is 2.34. The molecule has 0 spiro atoms. The van der Waals surface area contributed by atoms with Gasteiger partial charge >= 0.3 is 6.18 Å². The summed E-state index contributed by atoms with van der Waals surface area (Å²) >= 11 is 0. The van der Waals surface area contributed by atoms with Crippen LogP contribution in [0.25, 0.3) is 0 Å². The van der Waals surface area contributed by atoms with Gasteiger partial charge in [-0.25, -0.2) is 9.97 Å². The van der Waals surface area contributed by atoms with Crippen molar-refractivity contribution in [1.82, 2.24) is 9.97 Å². The van der Waals surface area contributed by atoms with Crippen molar-refractivity contribution in [2.24, 2.45) is 0 Å². The summed E-state index contributed by atoms with van der Waals surface area (Å²) in [6, 6.07) is 4.49. The van der Waals surface area contributed by atoms with Gasteiger partial charge in [-0.05, 0) is 18.2 Å². The Kier molecular flexibility index (Phi) is 3.43. The number of nitriles is 1. The first-order valence-electron chi connectivity index (χ1n) is 5.27. The Morgan fingerprint density at radius 1 is 1.20 bits per heavy atom. The molecule has 0 unspecified atom stereocenters. The second-order valence-corrected chi connectivity index (χ2v) is 3.70. The fourth-order valence-electron chi connectivity index (χ4n) is 1.36. The average Bonchev–Trinajstić information content (AvgIpc) is 2.41. The molecule has 0 aliphatic carbocycles. The predicted molar refractivity (Wildman–Crippen MR) is 62.7 cm³/mol. The fraction of sp³-hybridized carbons (Fsp3) is 0.0833. The summed E-state index contributed by atoms with van der Waals surface area (Å²) in [5.74, 6) is 0.0486. The molecule has 2 N–H and O–H groups in total. The van der Waals surface area contributed by atoms with Crippen molar-refractivity contribution in [3.8, 4) is 17.7 Å². The quantitative estimate of drug-likeness (QED) is 0.855. The molecule has 2 rings (SSSR count). The van der Waals surface area contributed by atoms with Crippen LogP contribution < -0.4 is 10.5 Å². The smallest absolute Gasteiger partial charge is 0.416 e. The van der Waals surface area contributed by atoms with Crippen LogP contribution in [0.4, 0.5) is 18.9 Å². The highest BCUT2D eigenvalue weighted by molar-refractivity contribution is 5.55. The molecule has 5 nitrogen and oxygen atoms in total. The molecule has 1 heterocycles. The number of ether oxygens (including phenoxy) is 1. The SMILES string of the molecule is N#Cc1cnc(Oc2ccc(C(F)(F)F)cc2N)cn1. The lowest BCUT2D eigenvalue weighted by Gasteiger charge is -2.11. The minimum absolute atomic E-state index is 0.0236. The number of hydrogen-bond acceptors (Lipinski definition) is 5. The third kappa shape index (κ3) is 2.95. The third-order valence-corrected chi connectivity index (χ3v) is 2.29. The number of halogens is 3. The minimum Gasteiger partial charge on any atom is -0.435 e. The Balaban J connectivity index is 2.23. The Morgan fingerprint density at radius 2 is 1.95 bits per heavy atom. The van der Waals surface area contributed by atoms with E-state index in [2.05, 4.69) is 9.97 Å². The number of benzene rings is 1. The molecule has 0 saturated heterocycles. The summed E-state index contributed by atoms with van der Waals surface area (Å²) in [6.07, 6.45) is -2.12. The Morgan fingerprint density at radius 3 is 2.45 bits per heavy atom. The molecule has 0 atom stereocenters. The largest absolute Gasteiger partial charge is 0.435 e. The molecule has 0 saturated carbocycles. The van der Waals surface area contributed by atoms with Crippen LogP contribution >= 0.6 is 0 Å². The first-order valence-corrected chi connectivity index (χ1v) is 5.27. The normalized spacial score (nSPS) is 10.9. The van der Waals surface area contributed by atoms with Gasteiger partial charge in [-0.1, -0.05) is 0 Å². The van der Waals surface area contributed by atoms with Crippen molar-refractivity contribution in [1.29, 1.82) is 5.26 Å². The zero-order valence-electron chi connectivity index (χ0n) is 9.85.